The van der Waals surface area contributed by atoms with Gasteiger partial charge >= 0.3 is 6.18 Å². The van der Waals surface area contributed by atoms with Crippen LogP contribution in [0.4, 0.5) is 19.0 Å². The Labute approximate surface area is 202 Å². The molecule has 3 aliphatic heterocycles. The molecule has 1 saturated heterocycles. The van der Waals surface area contributed by atoms with Crippen molar-refractivity contribution in [1.29, 1.82) is 0 Å². The molecule has 0 aliphatic carbocycles. The zero-order valence-corrected chi connectivity index (χ0v) is 19.7. The summed E-state index contributed by atoms with van der Waals surface area (Å²) in [6.07, 6.45) is -2.21. The first-order valence-electron chi connectivity index (χ1n) is 11.8. The van der Waals surface area contributed by atoms with Gasteiger partial charge < -0.3 is 9.64 Å². The number of halogens is 3. The second-order valence-corrected chi connectivity index (χ2v) is 9.44. The summed E-state index contributed by atoms with van der Waals surface area (Å²) in [4.78, 5) is 21.5. The molecule has 7 nitrogen and oxygen atoms in total. The number of hydrazone groups is 1. The van der Waals surface area contributed by atoms with E-state index in [9.17, 15) is 18.0 Å². The van der Waals surface area contributed by atoms with Crippen molar-refractivity contribution in [2.45, 2.75) is 50.7 Å². The molecule has 0 unspecified atom stereocenters. The van der Waals surface area contributed by atoms with E-state index in [1.54, 1.807) is 0 Å². The molecule has 5 rings (SSSR count). The van der Waals surface area contributed by atoms with Crippen LogP contribution in [0.2, 0.25) is 0 Å². The molecule has 0 saturated carbocycles. The fraction of sp³-hybridized carbons (Fsp3) is 0.480. The van der Waals surface area contributed by atoms with Gasteiger partial charge in [0.15, 0.2) is 0 Å². The second-order valence-electron chi connectivity index (χ2n) is 9.44. The van der Waals surface area contributed by atoms with Gasteiger partial charge in [-0.3, -0.25) is 15.1 Å². The molecule has 1 N–H and O–H groups in total. The molecule has 1 aromatic carbocycles. The molecule has 0 radical (unpaired) electrons. The molecule has 1 fully saturated rings. The van der Waals surface area contributed by atoms with Crippen molar-refractivity contribution < 1.29 is 22.7 Å². The van der Waals surface area contributed by atoms with E-state index in [2.05, 4.69) is 23.5 Å². The van der Waals surface area contributed by atoms with Crippen LogP contribution in [0, 0.1) is 0 Å². The van der Waals surface area contributed by atoms with Gasteiger partial charge in [-0.25, -0.2) is 4.98 Å². The number of benzene rings is 1. The van der Waals surface area contributed by atoms with Crippen molar-refractivity contribution in [3.63, 3.8) is 0 Å². The highest BCUT2D eigenvalue weighted by molar-refractivity contribution is 6.09. The smallest absolute Gasteiger partial charge is 0.381 e. The lowest BCUT2D eigenvalue weighted by molar-refractivity contribution is -0.138. The number of carbonyl (C=O) groups is 1. The molecular formula is C25H28F3N5O2. The molecule has 1 amide bonds. The number of hydrogen-bond acceptors (Lipinski definition) is 6. The lowest BCUT2D eigenvalue weighted by Gasteiger charge is -2.25. The first-order valence-corrected chi connectivity index (χ1v) is 11.8. The van der Waals surface area contributed by atoms with Crippen LogP contribution in [0.15, 0.2) is 35.4 Å². The topological polar surface area (TPSA) is 70.1 Å². The number of carbonyl (C=O) groups excluding carboxylic acids is 1. The highest BCUT2D eigenvalue weighted by atomic mass is 19.4. The van der Waals surface area contributed by atoms with E-state index >= 15 is 0 Å². The lowest BCUT2D eigenvalue weighted by Crippen LogP contribution is -2.27. The third-order valence-corrected chi connectivity index (χ3v) is 7.06. The third-order valence-electron chi connectivity index (χ3n) is 7.06. The molecule has 10 heteroatoms. The summed E-state index contributed by atoms with van der Waals surface area (Å²) in [7, 11) is 1.97. The van der Waals surface area contributed by atoms with Gasteiger partial charge in [0.2, 0.25) is 0 Å². The lowest BCUT2D eigenvalue weighted by atomic mass is 9.91. The Kier molecular flexibility index (Phi) is 6.16. The molecular weight excluding hydrogens is 459 g/mol. The van der Waals surface area contributed by atoms with Gasteiger partial charge in [0.25, 0.3) is 5.91 Å². The van der Waals surface area contributed by atoms with Crippen LogP contribution in [0.3, 0.4) is 0 Å². The summed E-state index contributed by atoms with van der Waals surface area (Å²) in [6, 6.07) is 7.69. The number of nitrogens with one attached hydrogen (secondary N) is 1. The Bertz CT molecular complexity index is 1160. The van der Waals surface area contributed by atoms with Crippen molar-refractivity contribution in [2.24, 2.45) is 5.10 Å². The van der Waals surface area contributed by atoms with E-state index < -0.39 is 17.6 Å². The molecule has 0 bridgehead atoms. The quantitative estimate of drug-likeness (QED) is 0.675. The number of nitrogens with zero attached hydrogens (tertiary/aromatic N) is 4. The summed E-state index contributed by atoms with van der Waals surface area (Å²) < 4.78 is 46.4. The van der Waals surface area contributed by atoms with Crippen LogP contribution in [0.5, 0.6) is 0 Å². The van der Waals surface area contributed by atoms with Crippen LogP contribution < -0.4 is 10.3 Å². The summed E-state index contributed by atoms with van der Waals surface area (Å²) in [5, 5.41) is 4.36. The number of hydrogen-bond donors (Lipinski definition) is 1. The standard InChI is InChI=1S/C25H28F3N5O2/c1-15(10-23-31-29-14-32(23)2)17-11-21(16-6-8-35-9-7-16)30-22(12-17)33-13-19-18(24(33)34)4-3-5-20(19)25(26,27)28/h3-5,11-12,15-16,29H,6-10,13-14H2,1-2H3/t15-/m1/s1. The van der Waals surface area contributed by atoms with E-state index in [1.165, 1.54) is 17.0 Å². The molecule has 35 heavy (non-hydrogen) atoms. The minimum absolute atomic E-state index is 0.00544. The Hall–Kier alpha value is -3.14. The van der Waals surface area contributed by atoms with Gasteiger partial charge in [0, 0.05) is 43.9 Å². The Morgan fingerprint density at radius 2 is 2.00 bits per heavy atom. The normalized spacial score (nSPS) is 19.6. The van der Waals surface area contributed by atoms with E-state index in [0.29, 0.717) is 32.1 Å². The van der Waals surface area contributed by atoms with Gasteiger partial charge in [-0.2, -0.15) is 18.3 Å². The first-order chi connectivity index (χ1) is 16.7. The van der Waals surface area contributed by atoms with Crippen LogP contribution in [0.1, 0.15) is 70.8 Å². The molecule has 1 aromatic heterocycles. The average molecular weight is 488 g/mol. The van der Waals surface area contributed by atoms with Crippen molar-refractivity contribution in [1.82, 2.24) is 15.3 Å². The second kappa shape index (κ2) is 9.14. The Morgan fingerprint density at radius 3 is 2.69 bits per heavy atom. The fourth-order valence-corrected chi connectivity index (χ4v) is 4.97. The van der Waals surface area contributed by atoms with E-state index in [1.807, 2.05) is 18.0 Å². The number of aromatic nitrogens is 1. The van der Waals surface area contributed by atoms with Gasteiger partial charge in [0.1, 0.15) is 18.3 Å². The number of amidine groups is 1. The Balaban J connectivity index is 1.51. The van der Waals surface area contributed by atoms with Crippen LogP contribution in [0.25, 0.3) is 0 Å². The van der Waals surface area contributed by atoms with Crippen molar-refractivity contribution in [3.05, 3.63) is 58.3 Å². The maximum atomic E-state index is 13.6. The molecule has 2 aromatic rings. The highest BCUT2D eigenvalue weighted by Crippen LogP contribution is 2.39. The monoisotopic (exact) mass is 487 g/mol. The average Bonchev–Trinajstić information content (AvgIpc) is 3.41. The molecule has 186 valence electrons. The Morgan fingerprint density at radius 1 is 1.23 bits per heavy atom. The minimum Gasteiger partial charge on any atom is -0.381 e. The van der Waals surface area contributed by atoms with Crippen molar-refractivity contribution >= 4 is 17.6 Å². The first kappa shape index (κ1) is 23.6. The third kappa shape index (κ3) is 4.59. The summed E-state index contributed by atoms with van der Waals surface area (Å²) in [5.41, 5.74) is 4.13. The number of alkyl halides is 3. The molecule has 0 spiro atoms. The number of amides is 1. The summed E-state index contributed by atoms with van der Waals surface area (Å²) in [5.74, 6) is 1.12. The van der Waals surface area contributed by atoms with Crippen molar-refractivity contribution in [3.8, 4) is 0 Å². The van der Waals surface area contributed by atoms with Gasteiger partial charge in [-0.05, 0) is 54.2 Å². The number of pyridine rings is 1. The van der Waals surface area contributed by atoms with E-state index in [-0.39, 0.29) is 29.5 Å². The van der Waals surface area contributed by atoms with Gasteiger partial charge in [0.05, 0.1) is 12.1 Å². The summed E-state index contributed by atoms with van der Waals surface area (Å²) >= 11 is 0. The van der Waals surface area contributed by atoms with Crippen LogP contribution in [-0.2, 0) is 17.5 Å². The predicted molar refractivity (Wildman–Crippen MR) is 125 cm³/mol. The number of fused-ring (bicyclic) bond motifs is 1. The number of ether oxygens (including phenoxy) is 1. The number of anilines is 1. The predicted octanol–water partition coefficient (Wildman–Crippen LogP) is 4.45. The van der Waals surface area contributed by atoms with Crippen molar-refractivity contribution in [2.75, 3.05) is 31.8 Å². The number of rotatable bonds is 5. The van der Waals surface area contributed by atoms with Crippen LogP contribution >= 0.6 is 0 Å². The minimum atomic E-state index is -4.53. The zero-order chi connectivity index (χ0) is 24.7. The zero-order valence-electron chi connectivity index (χ0n) is 19.7. The molecule has 4 heterocycles. The molecule has 3 aliphatic rings. The van der Waals surface area contributed by atoms with Gasteiger partial charge in [-0.1, -0.05) is 13.0 Å². The highest BCUT2D eigenvalue weighted by Gasteiger charge is 2.40. The maximum absolute atomic E-state index is 13.6. The van der Waals surface area contributed by atoms with Crippen LogP contribution in [-0.4, -0.2) is 48.6 Å². The maximum Gasteiger partial charge on any atom is 0.416 e. The summed E-state index contributed by atoms with van der Waals surface area (Å²) in [6.45, 7) is 3.86. The van der Waals surface area contributed by atoms with Gasteiger partial charge in [-0.15, -0.1) is 0 Å². The molecule has 1 atom stereocenters. The van der Waals surface area contributed by atoms with E-state index in [4.69, 9.17) is 9.72 Å². The SMILES string of the molecule is C[C@H](CC1=NNCN1C)c1cc(C2CCOCC2)nc(N2Cc3c(cccc3C(F)(F)F)C2=O)c1. The van der Waals surface area contributed by atoms with E-state index in [0.717, 1.165) is 36.0 Å². The largest absolute Gasteiger partial charge is 0.416 e. The fourth-order valence-electron chi connectivity index (χ4n) is 4.97.